The molecule has 1 unspecified atom stereocenters. The number of rotatable bonds is 4. The van der Waals surface area contributed by atoms with Gasteiger partial charge in [-0.25, -0.2) is 4.98 Å². The second-order valence-corrected chi connectivity index (χ2v) is 6.08. The lowest BCUT2D eigenvalue weighted by molar-refractivity contribution is 0.185. The van der Waals surface area contributed by atoms with E-state index in [-0.39, 0.29) is 0 Å². The van der Waals surface area contributed by atoms with Gasteiger partial charge in [0, 0.05) is 29.6 Å². The molecule has 2 N–H and O–H groups in total. The van der Waals surface area contributed by atoms with Gasteiger partial charge in [-0.05, 0) is 49.6 Å². The van der Waals surface area contributed by atoms with Crippen molar-refractivity contribution < 1.29 is 9.47 Å². The Balaban J connectivity index is 2.16. The molecular weight excluding hydrogens is 302 g/mol. The van der Waals surface area contributed by atoms with Gasteiger partial charge >= 0.3 is 0 Å². The highest BCUT2D eigenvalue weighted by Crippen LogP contribution is 2.39. The molecule has 0 aliphatic carbocycles. The van der Waals surface area contributed by atoms with E-state index in [1.54, 1.807) is 6.20 Å². The monoisotopic (exact) mass is 323 g/mol. The summed E-state index contributed by atoms with van der Waals surface area (Å²) in [4.78, 5) is 4.48. The lowest BCUT2D eigenvalue weighted by atomic mass is 9.81. The minimum atomic E-state index is -0.707. The molecular formula is C19H21N3O2. The van der Waals surface area contributed by atoms with Crippen molar-refractivity contribution in [2.24, 2.45) is 0 Å². The van der Waals surface area contributed by atoms with E-state index in [0.29, 0.717) is 37.8 Å². The van der Waals surface area contributed by atoms with E-state index in [2.05, 4.69) is 11.1 Å². The summed E-state index contributed by atoms with van der Waals surface area (Å²) in [5, 5.41) is 9.79. The summed E-state index contributed by atoms with van der Waals surface area (Å²) in [6.45, 7) is 5.37. The molecule has 24 heavy (non-hydrogen) atoms. The fourth-order valence-corrected chi connectivity index (χ4v) is 3.07. The zero-order chi connectivity index (χ0) is 17.2. The number of aromatic nitrogens is 1. The first kappa shape index (κ1) is 16.3. The Labute approximate surface area is 142 Å². The number of benzene rings is 1. The summed E-state index contributed by atoms with van der Waals surface area (Å²) in [7, 11) is 0. The molecule has 0 amide bonds. The van der Waals surface area contributed by atoms with Crippen molar-refractivity contribution in [2.45, 2.75) is 25.7 Å². The highest BCUT2D eigenvalue weighted by molar-refractivity contribution is 5.71. The number of anilines is 1. The maximum atomic E-state index is 9.79. The molecule has 5 heteroatoms. The maximum Gasteiger partial charge on any atom is 0.218 e. The van der Waals surface area contributed by atoms with Gasteiger partial charge in [-0.15, -0.1) is 0 Å². The Bertz CT molecular complexity index is 790. The molecule has 1 fully saturated rings. The Kier molecular flexibility index (Phi) is 4.41. The smallest absolute Gasteiger partial charge is 0.218 e. The average Bonchev–Trinajstić information content (AvgIpc) is 3.08. The zero-order valence-corrected chi connectivity index (χ0v) is 14.0. The van der Waals surface area contributed by atoms with Crippen molar-refractivity contribution in [3.8, 4) is 23.1 Å². The quantitative estimate of drug-likeness (QED) is 0.874. The van der Waals surface area contributed by atoms with E-state index in [9.17, 15) is 5.26 Å². The van der Waals surface area contributed by atoms with Gasteiger partial charge in [0.2, 0.25) is 5.88 Å². The summed E-state index contributed by atoms with van der Waals surface area (Å²) in [5.41, 5.74) is 9.77. The first-order valence-electron chi connectivity index (χ1n) is 8.08. The predicted octanol–water partition coefficient (Wildman–Crippen LogP) is 3.22. The molecule has 1 aliphatic heterocycles. The highest BCUT2D eigenvalue weighted by atomic mass is 16.5. The average molecular weight is 323 g/mol. The first-order valence-corrected chi connectivity index (χ1v) is 8.08. The van der Waals surface area contributed by atoms with Crippen molar-refractivity contribution in [2.75, 3.05) is 25.6 Å². The second kappa shape index (κ2) is 6.50. The lowest BCUT2D eigenvalue weighted by Crippen LogP contribution is -2.25. The van der Waals surface area contributed by atoms with Crippen LogP contribution in [0.4, 0.5) is 5.69 Å². The van der Waals surface area contributed by atoms with E-state index in [0.717, 1.165) is 22.3 Å². The van der Waals surface area contributed by atoms with Crippen molar-refractivity contribution in [3.05, 3.63) is 41.6 Å². The standard InChI is InChI=1S/C19H21N3O2/c1-3-24-18-17(19(11-20)6-7-23-12-19)8-14(10-22-18)16-9-15(21)5-4-13(16)2/h4-5,8-10H,3,6-7,12,21H2,1-2H3. The Morgan fingerprint density at radius 1 is 1.42 bits per heavy atom. The van der Waals surface area contributed by atoms with E-state index < -0.39 is 5.41 Å². The van der Waals surface area contributed by atoms with Crippen LogP contribution >= 0.6 is 0 Å². The van der Waals surface area contributed by atoms with Crippen LogP contribution in [-0.2, 0) is 10.2 Å². The normalized spacial score (nSPS) is 19.9. The fourth-order valence-electron chi connectivity index (χ4n) is 3.07. The molecule has 5 nitrogen and oxygen atoms in total. The van der Waals surface area contributed by atoms with Crippen molar-refractivity contribution in [1.82, 2.24) is 4.98 Å². The number of aryl methyl sites for hydroxylation is 1. The molecule has 0 radical (unpaired) electrons. The third-order valence-corrected chi connectivity index (χ3v) is 4.46. The molecule has 2 aromatic rings. The van der Waals surface area contributed by atoms with Crippen molar-refractivity contribution >= 4 is 5.69 Å². The summed E-state index contributed by atoms with van der Waals surface area (Å²) < 4.78 is 11.2. The van der Waals surface area contributed by atoms with Gasteiger partial charge in [-0.3, -0.25) is 0 Å². The third-order valence-electron chi connectivity index (χ3n) is 4.46. The molecule has 124 valence electrons. The van der Waals surface area contributed by atoms with Gasteiger partial charge in [-0.2, -0.15) is 5.26 Å². The number of nitrogens with zero attached hydrogens (tertiary/aromatic N) is 2. The van der Waals surface area contributed by atoms with Gasteiger partial charge in [0.1, 0.15) is 5.41 Å². The minimum Gasteiger partial charge on any atom is -0.478 e. The SMILES string of the molecule is CCOc1ncc(-c2cc(N)ccc2C)cc1C1(C#N)CCOC1. The zero-order valence-electron chi connectivity index (χ0n) is 14.0. The number of ether oxygens (including phenoxy) is 2. The van der Waals surface area contributed by atoms with Gasteiger partial charge in [0.25, 0.3) is 0 Å². The Morgan fingerprint density at radius 3 is 2.92 bits per heavy atom. The van der Waals surface area contributed by atoms with Crippen molar-refractivity contribution in [3.63, 3.8) is 0 Å². The molecule has 3 rings (SSSR count). The summed E-state index contributed by atoms with van der Waals surface area (Å²) in [5.74, 6) is 0.509. The highest BCUT2D eigenvalue weighted by Gasteiger charge is 2.40. The van der Waals surface area contributed by atoms with Crippen molar-refractivity contribution in [1.29, 1.82) is 5.26 Å². The number of nitrogens with two attached hydrogens (primary N) is 1. The number of pyridine rings is 1. The van der Waals surface area contributed by atoms with Crippen LogP contribution in [0.3, 0.4) is 0 Å². The van der Waals surface area contributed by atoms with Crippen LogP contribution < -0.4 is 10.5 Å². The molecule has 1 aromatic carbocycles. The van der Waals surface area contributed by atoms with Crippen LogP contribution in [-0.4, -0.2) is 24.8 Å². The van der Waals surface area contributed by atoms with Gasteiger partial charge in [-0.1, -0.05) is 6.07 Å². The van der Waals surface area contributed by atoms with E-state index in [4.69, 9.17) is 15.2 Å². The van der Waals surface area contributed by atoms with E-state index in [1.165, 1.54) is 0 Å². The number of hydrogen-bond donors (Lipinski definition) is 1. The topological polar surface area (TPSA) is 81.2 Å². The molecule has 1 saturated heterocycles. The molecule has 0 bridgehead atoms. The molecule has 1 aliphatic rings. The van der Waals surface area contributed by atoms with Gasteiger partial charge in [0.05, 0.1) is 19.3 Å². The minimum absolute atomic E-state index is 0.366. The predicted molar refractivity (Wildman–Crippen MR) is 92.7 cm³/mol. The molecule has 0 spiro atoms. The first-order chi connectivity index (χ1) is 11.6. The number of nitriles is 1. The second-order valence-electron chi connectivity index (χ2n) is 6.08. The van der Waals surface area contributed by atoms with Gasteiger partial charge < -0.3 is 15.2 Å². The largest absolute Gasteiger partial charge is 0.478 e. The van der Waals surface area contributed by atoms with Crippen LogP contribution in [0.25, 0.3) is 11.1 Å². The lowest BCUT2D eigenvalue weighted by Gasteiger charge is -2.22. The molecule has 1 aromatic heterocycles. The van der Waals surface area contributed by atoms with E-state index in [1.807, 2.05) is 38.1 Å². The fraction of sp³-hybridized carbons (Fsp3) is 0.368. The number of nitrogen functional groups attached to an aromatic ring is 1. The molecule has 0 saturated carbocycles. The number of hydrogen-bond acceptors (Lipinski definition) is 5. The Hall–Kier alpha value is -2.58. The van der Waals surface area contributed by atoms with E-state index >= 15 is 0 Å². The third kappa shape index (κ3) is 2.81. The molecule has 2 heterocycles. The van der Waals surface area contributed by atoms with Gasteiger partial charge in [0.15, 0.2) is 0 Å². The van der Waals surface area contributed by atoms with Crippen LogP contribution in [0.5, 0.6) is 5.88 Å². The molecule has 1 atom stereocenters. The van der Waals surface area contributed by atoms with Crippen LogP contribution in [0.15, 0.2) is 30.5 Å². The van der Waals surface area contributed by atoms with Crippen LogP contribution in [0, 0.1) is 18.3 Å². The summed E-state index contributed by atoms with van der Waals surface area (Å²) in [6, 6.07) is 10.2. The summed E-state index contributed by atoms with van der Waals surface area (Å²) >= 11 is 0. The van der Waals surface area contributed by atoms with Crippen LogP contribution in [0.2, 0.25) is 0 Å². The van der Waals surface area contributed by atoms with Crippen LogP contribution in [0.1, 0.15) is 24.5 Å². The maximum absolute atomic E-state index is 9.79. The Morgan fingerprint density at radius 2 is 2.25 bits per heavy atom. The summed E-state index contributed by atoms with van der Waals surface area (Å²) in [6.07, 6.45) is 2.42.